The third kappa shape index (κ3) is 6.13. The van der Waals surface area contributed by atoms with Gasteiger partial charge in [0.15, 0.2) is 34.6 Å². The Bertz CT molecular complexity index is 1310. The van der Waals surface area contributed by atoms with E-state index in [0.29, 0.717) is 16.7 Å². The second kappa shape index (κ2) is 10.2. The number of phenols is 4. The number of carboxylic acid groups (broad SMARTS) is 1. The van der Waals surface area contributed by atoms with Gasteiger partial charge in [0.25, 0.3) is 0 Å². The molecule has 3 rings (SSSR count). The lowest BCUT2D eigenvalue weighted by molar-refractivity contribution is -0.132. The van der Waals surface area contributed by atoms with Crippen molar-refractivity contribution >= 4 is 24.1 Å². The molecule has 3 aromatic rings. The van der Waals surface area contributed by atoms with Crippen molar-refractivity contribution < 1.29 is 44.2 Å². The van der Waals surface area contributed by atoms with E-state index in [1.807, 2.05) is 0 Å². The van der Waals surface area contributed by atoms with E-state index in [4.69, 9.17) is 4.74 Å². The number of benzene rings is 3. The molecule has 9 heteroatoms. The van der Waals surface area contributed by atoms with E-state index in [2.05, 4.69) is 0 Å². The number of carbonyl (C=O) groups is 2. The van der Waals surface area contributed by atoms with Gasteiger partial charge in [0.1, 0.15) is 0 Å². The van der Waals surface area contributed by atoms with Crippen molar-refractivity contribution in [3.8, 4) is 28.7 Å². The predicted molar refractivity (Wildman–Crippen MR) is 120 cm³/mol. The molecule has 5 N–H and O–H groups in total. The molecule has 3 aromatic carbocycles. The minimum Gasteiger partial charge on any atom is -0.504 e. The van der Waals surface area contributed by atoms with Gasteiger partial charge in [0, 0.05) is 18.1 Å². The van der Waals surface area contributed by atoms with Crippen LogP contribution in [0.15, 0.2) is 66.2 Å². The number of hydrogen-bond acceptors (Lipinski definition) is 7. The first-order chi connectivity index (χ1) is 16.1. The Labute approximate surface area is 192 Å². The Morgan fingerprint density at radius 3 is 2.03 bits per heavy atom. The molecule has 0 saturated carbocycles. The zero-order chi connectivity index (χ0) is 24.8. The van der Waals surface area contributed by atoms with Crippen molar-refractivity contribution in [2.75, 3.05) is 0 Å². The van der Waals surface area contributed by atoms with Crippen LogP contribution in [0, 0.1) is 5.82 Å². The molecule has 0 aromatic heterocycles. The van der Waals surface area contributed by atoms with Crippen molar-refractivity contribution in [3.63, 3.8) is 0 Å². The van der Waals surface area contributed by atoms with E-state index >= 15 is 0 Å². The minimum atomic E-state index is -1.26. The molecular formula is C25H19FO8. The standard InChI is InChI=1S/C25H19FO8/c26-18-11-15(9-17(25(32)33)10-16-2-6-20(28)22(30)13-16)3-7-23(18)34-24(31)8-4-14-1-5-19(27)21(29)12-14/h1-8,10-13,27-30H,9H2,(H,32,33)/b8-4+,17-10+. The Morgan fingerprint density at radius 1 is 0.824 bits per heavy atom. The first-order valence-corrected chi connectivity index (χ1v) is 9.78. The van der Waals surface area contributed by atoms with Gasteiger partial charge in [0.2, 0.25) is 0 Å². The fourth-order valence-corrected chi connectivity index (χ4v) is 2.93. The van der Waals surface area contributed by atoms with Crippen LogP contribution in [0.5, 0.6) is 28.7 Å². The maximum Gasteiger partial charge on any atom is 0.336 e. The van der Waals surface area contributed by atoms with Crippen LogP contribution in [0.2, 0.25) is 0 Å². The van der Waals surface area contributed by atoms with Crippen LogP contribution in [-0.2, 0) is 16.0 Å². The molecule has 0 spiro atoms. The Balaban J connectivity index is 1.71. The highest BCUT2D eigenvalue weighted by Crippen LogP contribution is 2.27. The van der Waals surface area contributed by atoms with Crippen molar-refractivity contribution in [3.05, 3.63) is 88.8 Å². The number of aromatic hydroxyl groups is 4. The highest BCUT2D eigenvalue weighted by atomic mass is 19.1. The van der Waals surface area contributed by atoms with Gasteiger partial charge in [-0.1, -0.05) is 18.2 Å². The topological polar surface area (TPSA) is 145 Å². The maximum absolute atomic E-state index is 14.5. The molecule has 34 heavy (non-hydrogen) atoms. The number of carbonyl (C=O) groups excluding carboxylic acids is 1. The molecule has 0 aliphatic carbocycles. The van der Waals surface area contributed by atoms with Gasteiger partial charge >= 0.3 is 11.9 Å². The number of rotatable bonds is 7. The van der Waals surface area contributed by atoms with Crippen LogP contribution >= 0.6 is 0 Å². The second-order valence-electron chi connectivity index (χ2n) is 7.17. The van der Waals surface area contributed by atoms with Gasteiger partial charge in [-0.15, -0.1) is 0 Å². The molecule has 0 bridgehead atoms. The smallest absolute Gasteiger partial charge is 0.336 e. The first kappa shape index (κ1) is 23.9. The Kier molecular flexibility index (Phi) is 7.17. The number of halogens is 1. The molecule has 0 aliphatic heterocycles. The molecule has 0 amide bonds. The Morgan fingerprint density at radius 2 is 1.44 bits per heavy atom. The fourth-order valence-electron chi connectivity index (χ4n) is 2.93. The van der Waals surface area contributed by atoms with E-state index in [9.17, 15) is 39.5 Å². The average molecular weight is 466 g/mol. The fraction of sp³-hybridized carbons (Fsp3) is 0.0400. The van der Waals surface area contributed by atoms with Gasteiger partial charge in [-0.25, -0.2) is 14.0 Å². The van der Waals surface area contributed by atoms with E-state index in [1.165, 1.54) is 60.7 Å². The number of phenolic OH excluding ortho intramolecular Hbond substituents is 4. The molecule has 0 unspecified atom stereocenters. The summed E-state index contributed by atoms with van der Waals surface area (Å²) in [5, 5.41) is 47.1. The van der Waals surface area contributed by atoms with E-state index < -0.39 is 23.5 Å². The third-order valence-electron chi connectivity index (χ3n) is 4.63. The monoisotopic (exact) mass is 466 g/mol. The van der Waals surface area contributed by atoms with Crippen LogP contribution in [0.1, 0.15) is 16.7 Å². The summed E-state index contributed by atoms with van der Waals surface area (Å²) in [5.41, 5.74) is 0.920. The van der Waals surface area contributed by atoms with Crippen LogP contribution in [0.3, 0.4) is 0 Å². The van der Waals surface area contributed by atoms with Gasteiger partial charge in [-0.2, -0.15) is 0 Å². The largest absolute Gasteiger partial charge is 0.504 e. The summed E-state index contributed by atoms with van der Waals surface area (Å²) in [5.74, 6) is -4.83. The van der Waals surface area contributed by atoms with Gasteiger partial charge in [-0.3, -0.25) is 0 Å². The number of carboxylic acids is 1. The summed E-state index contributed by atoms with van der Waals surface area (Å²) in [7, 11) is 0. The summed E-state index contributed by atoms with van der Waals surface area (Å²) >= 11 is 0. The van der Waals surface area contributed by atoms with Crippen LogP contribution < -0.4 is 4.74 Å². The average Bonchev–Trinajstić information content (AvgIpc) is 2.78. The normalized spacial score (nSPS) is 11.5. The summed E-state index contributed by atoms with van der Waals surface area (Å²) in [6.45, 7) is 0. The number of ether oxygens (including phenoxy) is 1. The van der Waals surface area contributed by atoms with Gasteiger partial charge in [-0.05, 0) is 65.2 Å². The maximum atomic E-state index is 14.5. The summed E-state index contributed by atoms with van der Waals surface area (Å²) in [4.78, 5) is 23.6. The molecule has 0 heterocycles. The van der Waals surface area contributed by atoms with E-state index in [0.717, 1.165) is 12.1 Å². The van der Waals surface area contributed by atoms with Crippen molar-refractivity contribution in [1.29, 1.82) is 0 Å². The molecule has 174 valence electrons. The lowest BCUT2D eigenvalue weighted by Crippen LogP contribution is -2.07. The molecule has 0 atom stereocenters. The molecule has 0 aliphatic rings. The molecular weight excluding hydrogens is 447 g/mol. The van der Waals surface area contributed by atoms with Gasteiger partial charge < -0.3 is 30.3 Å². The van der Waals surface area contributed by atoms with Crippen molar-refractivity contribution in [1.82, 2.24) is 0 Å². The third-order valence-corrected chi connectivity index (χ3v) is 4.63. The quantitative estimate of drug-likeness (QED) is 0.152. The van der Waals surface area contributed by atoms with Crippen LogP contribution in [0.25, 0.3) is 12.2 Å². The molecule has 0 saturated heterocycles. The SMILES string of the molecule is O=C(/C=C/c1ccc(O)c(O)c1)Oc1ccc(C/C(=C\c2ccc(O)c(O)c2)C(=O)O)cc1F. The van der Waals surface area contributed by atoms with Crippen molar-refractivity contribution in [2.24, 2.45) is 0 Å². The molecule has 0 radical (unpaired) electrons. The summed E-state index contributed by atoms with van der Waals surface area (Å²) < 4.78 is 19.4. The second-order valence-corrected chi connectivity index (χ2v) is 7.17. The Hall–Kier alpha value is -4.79. The summed E-state index contributed by atoms with van der Waals surface area (Å²) in [6.07, 6.45) is 3.43. The van der Waals surface area contributed by atoms with E-state index in [1.54, 1.807) is 0 Å². The number of aliphatic carboxylic acids is 1. The molecule has 8 nitrogen and oxygen atoms in total. The first-order valence-electron chi connectivity index (χ1n) is 9.78. The highest BCUT2D eigenvalue weighted by molar-refractivity contribution is 5.93. The van der Waals surface area contributed by atoms with E-state index in [-0.39, 0.29) is 35.0 Å². The zero-order valence-electron chi connectivity index (χ0n) is 17.5. The van der Waals surface area contributed by atoms with Crippen LogP contribution in [0.4, 0.5) is 4.39 Å². The van der Waals surface area contributed by atoms with Gasteiger partial charge in [0.05, 0.1) is 0 Å². The molecule has 0 fully saturated rings. The lowest BCUT2D eigenvalue weighted by Gasteiger charge is -2.07. The lowest BCUT2D eigenvalue weighted by atomic mass is 10.0. The highest BCUT2D eigenvalue weighted by Gasteiger charge is 2.13. The van der Waals surface area contributed by atoms with Crippen molar-refractivity contribution in [2.45, 2.75) is 6.42 Å². The number of hydrogen-bond donors (Lipinski definition) is 5. The zero-order valence-corrected chi connectivity index (χ0v) is 17.5. The number of esters is 1. The van der Waals surface area contributed by atoms with Crippen LogP contribution in [-0.4, -0.2) is 37.5 Å². The predicted octanol–water partition coefficient (Wildman–Crippen LogP) is 3.98. The summed E-state index contributed by atoms with van der Waals surface area (Å²) in [6, 6.07) is 11.3. The minimum absolute atomic E-state index is 0.102.